The molecule has 0 aliphatic carbocycles. The molecular weight excluding hydrogens is 276 g/mol. The molecule has 112 valence electrons. The molecular formula is C14H23ClN4O. The van der Waals surface area contributed by atoms with Crippen LogP contribution in [0.3, 0.4) is 0 Å². The van der Waals surface area contributed by atoms with Crippen molar-refractivity contribution in [2.45, 2.75) is 13.3 Å². The summed E-state index contributed by atoms with van der Waals surface area (Å²) in [6.45, 7) is 4.33. The van der Waals surface area contributed by atoms with Gasteiger partial charge in [0.25, 0.3) is 5.91 Å². The molecule has 5 nitrogen and oxygen atoms in total. The van der Waals surface area contributed by atoms with Gasteiger partial charge in [-0.2, -0.15) is 0 Å². The van der Waals surface area contributed by atoms with Crippen molar-refractivity contribution in [2.75, 3.05) is 46.1 Å². The van der Waals surface area contributed by atoms with E-state index >= 15 is 0 Å². The highest BCUT2D eigenvalue weighted by atomic mass is 35.5. The van der Waals surface area contributed by atoms with E-state index in [2.05, 4.69) is 22.1 Å². The average molecular weight is 299 g/mol. The summed E-state index contributed by atoms with van der Waals surface area (Å²) >= 11 is 6.08. The first-order valence-electron chi connectivity index (χ1n) is 6.76. The van der Waals surface area contributed by atoms with E-state index in [-0.39, 0.29) is 5.91 Å². The van der Waals surface area contributed by atoms with E-state index in [0.29, 0.717) is 22.9 Å². The Labute approximate surface area is 125 Å². The highest BCUT2D eigenvalue weighted by molar-refractivity contribution is 6.33. The van der Waals surface area contributed by atoms with Gasteiger partial charge in [0.15, 0.2) is 0 Å². The van der Waals surface area contributed by atoms with Crippen molar-refractivity contribution in [2.24, 2.45) is 0 Å². The Hall–Kier alpha value is -1.33. The van der Waals surface area contributed by atoms with Gasteiger partial charge in [-0.3, -0.25) is 4.79 Å². The maximum atomic E-state index is 12.5. The average Bonchev–Trinajstić information content (AvgIpc) is 2.42. The SMILES string of the molecule is CCCN(CCN(C)C)C(=O)c1cnc(NC)c(Cl)c1. The zero-order chi connectivity index (χ0) is 15.1. The van der Waals surface area contributed by atoms with Gasteiger partial charge in [-0.05, 0) is 26.6 Å². The number of pyridine rings is 1. The number of aromatic nitrogens is 1. The fourth-order valence-corrected chi connectivity index (χ4v) is 2.09. The molecule has 0 fully saturated rings. The number of carbonyl (C=O) groups excluding carboxylic acids is 1. The summed E-state index contributed by atoms with van der Waals surface area (Å²) in [4.78, 5) is 20.5. The maximum absolute atomic E-state index is 12.5. The Balaban J connectivity index is 2.85. The largest absolute Gasteiger partial charge is 0.372 e. The molecule has 0 aliphatic heterocycles. The number of hydrogen-bond donors (Lipinski definition) is 1. The van der Waals surface area contributed by atoms with Crippen molar-refractivity contribution in [1.82, 2.24) is 14.8 Å². The number of likely N-dealkylation sites (N-methyl/N-ethyl adjacent to an activating group) is 1. The van der Waals surface area contributed by atoms with Crippen LogP contribution in [0.25, 0.3) is 0 Å². The van der Waals surface area contributed by atoms with Gasteiger partial charge in [0, 0.05) is 32.9 Å². The lowest BCUT2D eigenvalue weighted by atomic mass is 10.2. The minimum Gasteiger partial charge on any atom is -0.372 e. The molecule has 0 aliphatic rings. The van der Waals surface area contributed by atoms with Crippen LogP contribution in [0.2, 0.25) is 5.02 Å². The van der Waals surface area contributed by atoms with Crippen LogP contribution in [0.4, 0.5) is 5.82 Å². The van der Waals surface area contributed by atoms with Gasteiger partial charge in [-0.1, -0.05) is 18.5 Å². The lowest BCUT2D eigenvalue weighted by molar-refractivity contribution is 0.0744. The second-order valence-corrected chi connectivity index (χ2v) is 5.31. The fraction of sp³-hybridized carbons (Fsp3) is 0.571. The lowest BCUT2D eigenvalue weighted by Gasteiger charge is -2.24. The molecule has 20 heavy (non-hydrogen) atoms. The van der Waals surface area contributed by atoms with Crippen molar-refractivity contribution in [3.63, 3.8) is 0 Å². The molecule has 1 amide bonds. The summed E-state index contributed by atoms with van der Waals surface area (Å²) < 4.78 is 0. The van der Waals surface area contributed by atoms with Crippen LogP contribution in [-0.2, 0) is 0 Å². The zero-order valence-electron chi connectivity index (χ0n) is 12.6. The third-order valence-corrected chi connectivity index (χ3v) is 3.21. The minimum atomic E-state index is -0.0225. The van der Waals surface area contributed by atoms with Gasteiger partial charge in [-0.15, -0.1) is 0 Å². The molecule has 0 saturated heterocycles. The number of hydrogen-bond acceptors (Lipinski definition) is 4. The second kappa shape index (κ2) is 8.07. The van der Waals surface area contributed by atoms with Crippen LogP contribution in [0.15, 0.2) is 12.3 Å². The van der Waals surface area contributed by atoms with Gasteiger partial charge in [-0.25, -0.2) is 4.98 Å². The standard InChI is InChI=1S/C14H23ClN4O/c1-5-6-19(8-7-18(3)4)14(20)11-9-12(15)13(16-2)17-10-11/h9-10H,5-8H2,1-4H3,(H,16,17). The number of nitrogens with zero attached hydrogens (tertiary/aromatic N) is 3. The highest BCUT2D eigenvalue weighted by Crippen LogP contribution is 2.20. The molecule has 0 spiro atoms. The van der Waals surface area contributed by atoms with E-state index in [1.807, 2.05) is 19.0 Å². The normalized spacial score (nSPS) is 10.7. The van der Waals surface area contributed by atoms with Crippen LogP contribution in [-0.4, -0.2) is 61.5 Å². The van der Waals surface area contributed by atoms with Gasteiger partial charge in [0.2, 0.25) is 0 Å². The quantitative estimate of drug-likeness (QED) is 0.838. The Kier molecular flexibility index (Phi) is 6.75. The molecule has 6 heteroatoms. The van der Waals surface area contributed by atoms with Crippen LogP contribution >= 0.6 is 11.6 Å². The molecule has 0 unspecified atom stereocenters. The van der Waals surface area contributed by atoms with Gasteiger partial charge in [0.05, 0.1) is 10.6 Å². The van der Waals surface area contributed by atoms with Crippen LogP contribution in [0, 0.1) is 0 Å². The molecule has 0 bridgehead atoms. The number of rotatable bonds is 7. The van der Waals surface area contributed by atoms with Crippen molar-refractivity contribution < 1.29 is 4.79 Å². The number of nitrogens with one attached hydrogen (secondary N) is 1. The van der Waals surface area contributed by atoms with Crippen molar-refractivity contribution >= 4 is 23.3 Å². The first-order valence-corrected chi connectivity index (χ1v) is 7.14. The van der Waals surface area contributed by atoms with Crippen LogP contribution < -0.4 is 5.32 Å². The smallest absolute Gasteiger partial charge is 0.255 e. The van der Waals surface area contributed by atoms with Crippen LogP contribution in [0.1, 0.15) is 23.7 Å². The third-order valence-electron chi connectivity index (χ3n) is 2.92. The number of anilines is 1. The molecule has 1 N–H and O–H groups in total. The highest BCUT2D eigenvalue weighted by Gasteiger charge is 2.16. The molecule has 1 aromatic heterocycles. The predicted molar refractivity (Wildman–Crippen MR) is 83.5 cm³/mol. The number of halogens is 1. The fourth-order valence-electron chi connectivity index (χ4n) is 1.83. The zero-order valence-corrected chi connectivity index (χ0v) is 13.4. The van der Waals surface area contributed by atoms with Crippen LogP contribution in [0.5, 0.6) is 0 Å². The Morgan fingerprint density at radius 1 is 1.35 bits per heavy atom. The van der Waals surface area contributed by atoms with Gasteiger partial charge < -0.3 is 15.1 Å². The summed E-state index contributed by atoms with van der Waals surface area (Å²) in [6.07, 6.45) is 2.49. The molecule has 1 rings (SSSR count). The molecule has 0 radical (unpaired) electrons. The summed E-state index contributed by atoms with van der Waals surface area (Å²) in [5, 5.41) is 3.34. The molecule has 0 atom stereocenters. The summed E-state index contributed by atoms with van der Waals surface area (Å²) in [7, 11) is 5.74. The summed E-state index contributed by atoms with van der Waals surface area (Å²) in [5.74, 6) is 0.560. The first kappa shape index (κ1) is 16.7. The molecule has 1 aromatic rings. The van der Waals surface area contributed by atoms with E-state index < -0.39 is 0 Å². The Morgan fingerprint density at radius 2 is 2.05 bits per heavy atom. The first-order chi connectivity index (χ1) is 9.49. The summed E-state index contributed by atoms with van der Waals surface area (Å²) in [6, 6.07) is 1.67. The molecule has 1 heterocycles. The van der Waals surface area contributed by atoms with Gasteiger partial charge >= 0.3 is 0 Å². The van der Waals surface area contributed by atoms with E-state index in [1.54, 1.807) is 19.3 Å². The molecule has 0 saturated carbocycles. The van der Waals surface area contributed by atoms with E-state index in [9.17, 15) is 4.79 Å². The topological polar surface area (TPSA) is 48.5 Å². The summed E-state index contributed by atoms with van der Waals surface area (Å²) in [5.41, 5.74) is 0.529. The van der Waals surface area contributed by atoms with Gasteiger partial charge in [0.1, 0.15) is 5.82 Å². The minimum absolute atomic E-state index is 0.0225. The van der Waals surface area contributed by atoms with E-state index in [0.717, 1.165) is 19.5 Å². The monoisotopic (exact) mass is 298 g/mol. The van der Waals surface area contributed by atoms with E-state index in [4.69, 9.17) is 11.6 Å². The van der Waals surface area contributed by atoms with E-state index in [1.165, 1.54) is 0 Å². The van der Waals surface area contributed by atoms with Crippen molar-refractivity contribution in [3.05, 3.63) is 22.8 Å². The van der Waals surface area contributed by atoms with Crippen molar-refractivity contribution in [1.29, 1.82) is 0 Å². The Morgan fingerprint density at radius 3 is 2.55 bits per heavy atom. The number of amides is 1. The van der Waals surface area contributed by atoms with Crippen molar-refractivity contribution in [3.8, 4) is 0 Å². The number of carbonyl (C=O) groups is 1. The lowest BCUT2D eigenvalue weighted by Crippen LogP contribution is -2.37. The Bertz CT molecular complexity index is 451. The second-order valence-electron chi connectivity index (χ2n) is 4.90. The maximum Gasteiger partial charge on any atom is 0.255 e. The third kappa shape index (κ3) is 4.65. The molecule has 0 aromatic carbocycles. The predicted octanol–water partition coefficient (Wildman–Crippen LogP) is 2.19.